The van der Waals surface area contributed by atoms with Gasteiger partial charge in [0.25, 0.3) is 7.37 Å². The van der Waals surface area contributed by atoms with Crippen molar-refractivity contribution in [1.82, 2.24) is 0 Å². The molecule has 0 aliphatic carbocycles. The molecule has 0 saturated heterocycles. The fraction of sp³-hybridized carbons (Fsp3) is 0.208. The van der Waals surface area contributed by atoms with Crippen molar-refractivity contribution in [3.63, 3.8) is 0 Å². The molecule has 3 nitrogen and oxygen atoms in total. The molecule has 0 heterocycles. The zero-order chi connectivity index (χ0) is 20.3. The van der Waals surface area contributed by atoms with Crippen molar-refractivity contribution in [3.8, 4) is 0 Å². The molecule has 1 atom stereocenters. The summed E-state index contributed by atoms with van der Waals surface area (Å²) in [5.74, 6) is -0.132. The van der Waals surface area contributed by atoms with Gasteiger partial charge in [0.2, 0.25) is 0 Å². The summed E-state index contributed by atoms with van der Waals surface area (Å²) in [5, 5.41) is 1.08. The van der Waals surface area contributed by atoms with Gasteiger partial charge in [-0.1, -0.05) is 48.5 Å². The standard InChI is InChI=1S/C24H25O3P/c1-5-27-28(26,21-14-10-7-11-15-21)22-16-17(2)18(3)19(4)23(22)24(25)20-12-8-6-9-13-20/h6-16H,5H2,1-4H3. The third-order valence-electron chi connectivity index (χ3n) is 5.13. The van der Waals surface area contributed by atoms with Crippen LogP contribution in [0.4, 0.5) is 0 Å². The maximum atomic E-state index is 14.2. The molecule has 1 unspecified atom stereocenters. The summed E-state index contributed by atoms with van der Waals surface area (Å²) in [5.41, 5.74) is 3.92. The van der Waals surface area contributed by atoms with Crippen LogP contribution in [0.2, 0.25) is 0 Å². The second kappa shape index (κ2) is 8.26. The fourth-order valence-corrected chi connectivity index (χ4v) is 5.82. The first-order valence-corrected chi connectivity index (χ1v) is 11.0. The molecule has 0 N–H and O–H groups in total. The first-order valence-electron chi connectivity index (χ1n) is 9.41. The highest BCUT2D eigenvalue weighted by molar-refractivity contribution is 7.74. The first-order chi connectivity index (χ1) is 13.4. The molecule has 0 fully saturated rings. The van der Waals surface area contributed by atoms with Crippen LogP contribution in [0.3, 0.4) is 0 Å². The van der Waals surface area contributed by atoms with Gasteiger partial charge in [-0.05, 0) is 62.6 Å². The predicted molar refractivity (Wildman–Crippen MR) is 115 cm³/mol. The number of carbonyl (C=O) groups is 1. The maximum absolute atomic E-state index is 14.2. The summed E-state index contributed by atoms with van der Waals surface area (Å²) < 4.78 is 20.1. The van der Waals surface area contributed by atoms with Gasteiger partial charge in [-0.2, -0.15) is 0 Å². The third-order valence-corrected chi connectivity index (χ3v) is 7.71. The lowest BCUT2D eigenvalue weighted by Gasteiger charge is -2.24. The van der Waals surface area contributed by atoms with Crippen LogP contribution in [-0.4, -0.2) is 12.4 Å². The molecule has 144 valence electrons. The second-order valence-electron chi connectivity index (χ2n) is 6.84. The van der Waals surface area contributed by atoms with Gasteiger partial charge in [-0.3, -0.25) is 9.36 Å². The highest BCUT2D eigenvalue weighted by Crippen LogP contribution is 2.46. The summed E-state index contributed by atoms with van der Waals surface area (Å²) in [6, 6.07) is 20.1. The average Bonchev–Trinajstić information content (AvgIpc) is 2.72. The van der Waals surface area contributed by atoms with E-state index in [1.54, 1.807) is 24.3 Å². The smallest absolute Gasteiger partial charge is 0.262 e. The minimum absolute atomic E-state index is 0.132. The van der Waals surface area contributed by atoms with Gasteiger partial charge >= 0.3 is 0 Å². The molecule has 0 bridgehead atoms. The van der Waals surface area contributed by atoms with Crippen LogP contribution in [0, 0.1) is 20.8 Å². The van der Waals surface area contributed by atoms with E-state index in [9.17, 15) is 9.36 Å². The summed E-state index contributed by atoms with van der Waals surface area (Å²) in [4.78, 5) is 13.5. The van der Waals surface area contributed by atoms with Crippen LogP contribution in [0.5, 0.6) is 0 Å². The van der Waals surface area contributed by atoms with E-state index in [2.05, 4.69) is 0 Å². The van der Waals surface area contributed by atoms with E-state index in [0.717, 1.165) is 16.7 Å². The topological polar surface area (TPSA) is 43.4 Å². The monoisotopic (exact) mass is 392 g/mol. The summed E-state index contributed by atoms with van der Waals surface area (Å²) >= 11 is 0. The number of ketones is 1. The molecule has 0 aromatic heterocycles. The zero-order valence-corrected chi connectivity index (χ0v) is 17.6. The lowest BCUT2D eigenvalue weighted by molar-refractivity contribution is 0.103. The van der Waals surface area contributed by atoms with Gasteiger partial charge in [-0.15, -0.1) is 0 Å². The molecule has 0 aliphatic heterocycles. The van der Waals surface area contributed by atoms with E-state index < -0.39 is 7.37 Å². The predicted octanol–water partition coefficient (Wildman–Crippen LogP) is 5.11. The minimum Gasteiger partial charge on any atom is -0.322 e. The molecule has 4 heteroatoms. The molecule has 0 radical (unpaired) electrons. The Balaban J connectivity index is 2.34. The normalized spacial score (nSPS) is 13.1. The molecule has 0 aliphatic rings. The van der Waals surface area contributed by atoms with E-state index in [1.165, 1.54) is 0 Å². The number of rotatable bonds is 6. The molecule has 0 saturated carbocycles. The Labute approximate surface area is 166 Å². The summed E-state index contributed by atoms with van der Waals surface area (Å²) in [6.07, 6.45) is 0. The van der Waals surface area contributed by atoms with E-state index in [-0.39, 0.29) is 12.4 Å². The van der Waals surface area contributed by atoms with Gasteiger partial charge in [0.15, 0.2) is 5.78 Å². The number of benzene rings is 3. The largest absolute Gasteiger partial charge is 0.322 e. The Bertz CT molecular complexity index is 1040. The molecule has 3 aromatic carbocycles. The SMILES string of the molecule is CCOP(=O)(c1ccccc1)c1cc(C)c(C)c(C)c1C(=O)c1ccccc1. The molecular weight excluding hydrogens is 367 g/mol. The highest BCUT2D eigenvalue weighted by Gasteiger charge is 2.34. The van der Waals surface area contributed by atoms with Crippen LogP contribution in [0.15, 0.2) is 66.7 Å². The van der Waals surface area contributed by atoms with Gasteiger partial charge in [0.05, 0.1) is 11.9 Å². The Morgan fingerprint density at radius 3 is 2.04 bits per heavy atom. The Hall–Kier alpha value is -2.48. The summed E-state index contributed by atoms with van der Waals surface area (Å²) in [7, 11) is -3.43. The van der Waals surface area contributed by atoms with Crippen molar-refractivity contribution in [2.45, 2.75) is 27.7 Å². The van der Waals surface area contributed by atoms with Crippen LogP contribution in [-0.2, 0) is 9.09 Å². The maximum Gasteiger partial charge on any atom is 0.262 e. The van der Waals surface area contributed by atoms with Crippen molar-refractivity contribution in [2.24, 2.45) is 0 Å². The fourth-order valence-electron chi connectivity index (χ4n) is 3.40. The number of hydrogen-bond donors (Lipinski definition) is 0. The molecule has 0 amide bonds. The lowest BCUT2D eigenvalue weighted by Crippen LogP contribution is -2.26. The lowest BCUT2D eigenvalue weighted by atomic mass is 9.93. The highest BCUT2D eigenvalue weighted by atomic mass is 31.2. The van der Waals surface area contributed by atoms with E-state index in [4.69, 9.17) is 4.52 Å². The first kappa shape index (κ1) is 20.3. The quantitative estimate of drug-likeness (QED) is 0.433. The molecule has 28 heavy (non-hydrogen) atoms. The molecule has 3 aromatic rings. The zero-order valence-electron chi connectivity index (χ0n) is 16.7. The van der Waals surface area contributed by atoms with Crippen LogP contribution >= 0.6 is 7.37 Å². The number of carbonyl (C=O) groups excluding carboxylic acids is 1. The number of aryl methyl sites for hydroxylation is 1. The summed E-state index contributed by atoms with van der Waals surface area (Å²) in [6.45, 7) is 8.00. The van der Waals surface area contributed by atoms with Crippen LogP contribution in [0.25, 0.3) is 0 Å². The average molecular weight is 392 g/mol. The minimum atomic E-state index is -3.43. The third kappa shape index (κ3) is 3.61. The Morgan fingerprint density at radius 1 is 0.893 bits per heavy atom. The van der Waals surface area contributed by atoms with Crippen molar-refractivity contribution in [1.29, 1.82) is 0 Å². The van der Waals surface area contributed by atoms with Gasteiger partial charge in [-0.25, -0.2) is 0 Å². The Kier molecular flexibility index (Phi) is 5.98. The van der Waals surface area contributed by atoms with Crippen molar-refractivity contribution in [2.75, 3.05) is 6.61 Å². The molecule has 3 rings (SSSR count). The van der Waals surface area contributed by atoms with E-state index in [1.807, 2.05) is 70.2 Å². The van der Waals surface area contributed by atoms with Gasteiger partial charge in [0.1, 0.15) is 0 Å². The van der Waals surface area contributed by atoms with E-state index in [0.29, 0.717) is 21.7 Å². The van der Waals surface area contributed by atoms with Crippen LogP contribution < -0.4 is 10.6 Å². The van der Waals surface area contributed by atoms with Gasteiger partial charge in [0, 0.05) is 16.4 Å². The van der Waals surface area contributed by atoms with E-state index >= 15 is 0 Å². The Morgan fingerprint density at radius 2 is 1.46 bits per heavy atom. The van der Waals surface area contributed by atoms with Crippen molar-refractivity contribution in [3.05, 3.63) is 94.5 Å². The van der Waals surface area contributed by atoms with Crippen molar-refractivity contribution >= 4 is 23.8 Å². The molecular formula is C24H25O3P. The van der Waals surface area contributed by atoms with Gasteiger partial charge < -0.3 is 4.52 Å². The second-order valence-corrected chi connectivity index (χ2v) is 9.20. The molecule has 0 spiro atoms. The van der Waals surface area contributed by atoms with Crippen LogP contribution in [0.1, 0.15) is 39.5 Å². The van der Waals surface area contributed by atoms with Crippen molar-refractivity contribution < 1.29 is 13.9 Å². The number of hydrogen-bond acceptors (Lipinski definition) is 3.